The first-order chi connectivity index (χ1) is 13.2. The second-order valence-electron chi connectivity index (χ2n) is 10.6. The molecule has 7 nitrogen and oxygen atoms in total. The van der Waals surface area contributed by atoms with Gasteiger partial charge in [-0.05, 0) is 82.5 Å². The zero-order valence-corrected chi connectivity index (χ0v) is 17.3. The molecule has 1 heterocycles. The highest BCUT2D eigenvalue weighted by atomic mass is 16.6. The highest BCUT2D eigenvalue weighted by Crippen LogP contribution is 2.60. The van der Waals surface area contributed by atoms with Gasteiger partial charge >= 0.3 is 12.2 Å². The van der Waals surface area contributed by atoms with E-state index in [0.717, 1.165) is 32.1 Å². The molecular weight excluding hydrogens is 360 g/mol. The van der Waals surface area contributed by atoms with E-state index in [1.54, 1.807) is 4.90 Å². The average molecular weight is 395 g/mol. The van der Waals surface area contributed by atoms with Crippen LogP contribution in [-0.4, -0.2) is 59.6 Å². The molecule has 3 atom stereocenters. The summed E-state index contributed by atoms with van der Waals surface area (Å²) < 4.78 is 11.3. The minimum Gasteiger partial charge on any atom is -0.446 e. The van der Waals surface area contributed by atoms with Gasteiger partial charge in [-0.15, -0.1) is 0 Å². The number of ether oxygens (including phenoxy) is 2. The third kappa shape index (κ3) is 3.95. The Morgan fingerprint density at radius 2 is 1.86 bits per heavy atom. The summed E-state index contributed by atoms with van der Waals surface area (Å²) in [7, 11) is 0. The quantitative estimate of drug-likeness (QED) is 0.768. The number of carbonyl (C=O) groups is 2. The van der Waals surface area contributed by atoms with Crippen LogP contribution < -0.4 is 5.32 Å². The van der Waals surface area contributed by atoms with Crippen LogP contribution in [0, 0.1) is 23.2 Å². The molecular formula is C21H34N2O5. The Bertz CT molecular complexity index is 615. The number of hydrogen-bond donors (Lipinski definition) is 2. The number of nitrogens with one attached hydrogen (secondary N) is 1. The number of amides is 2. The van der Waals surface area contributed by atoms with Crippen LogP contribution in [0.5, 0.6) is 0 Å². The number of nitrogens with zero attached hydrogens (tertiary/aromatic N) is 1. The number of likely N-dealkylation sites (tertiary alicyclic amines) is 1. The second-order valence-corrected chi connectivity index (χ2v) is 10.6. The van der Waals surface area contributed by atoms with Crippen LogP contribution >= 0.6 is 0 Å². The molecule has 0 spiro atoms. The van der Waals surface area contributed by atoms with Gasteiger partial charge in [-0.1, -0.05) is 0 Å². The minimum atomic E-state index is -0.535. The molecule has 0 aromatic rings. The van der Waals surface area contributed by atoms with Crippen LogP contribution in [0.3, 0.4) is 0 Å². The van der Waals surface area contributed by atoms with Crippen molar-refractivity contribution in [3.8, 4) is 0 Å². The summed E-state index contributed by atoms with van der Waals surface area (Å²) in [6, 6.07) is -0.0986. The van der Waals surface area contributed by atoms with E-state index in [9.17, 15) is 14.7 Å². The number of aliphatic hydroxyl groups is 1. The van der Waals surface area contributed by atoms with Gasteiger partial charge < -0.3 is 24.8 Å². The van der Waals surface area contributed by atoms with E-state index in [4.69, 9.17) is 9.47 Å². The maximum absolute atomic E-state index is 12.8. The van der Waals surface area contributed by atoms with Crippen LogP contribution in [0.15, 0.2) is 0 Å². The average Bonchev–Trinajstić information content (AvgIpc) is 3.04. The zero-order chi connectivity index (χ0) is 20.1. The molecule has 2 amide bonds. The van der Waals surface area contributed by atoms with Crippen molar-refractivity contribution in [3.05, 3.63) is 0 Å². The predicted molar refractivity (Wildman–Crippen MR) is 103 cm³/mol. The van der Waals surface area contributed by atoms with Crippen LogP contribution in [0.1, 0.15) is 59.3 Å². The van der Waals surface area contributed by atoms with Crippen molar-refractivity contribution in [2.75, 3.05) is 19.7 Å². The van der Waals surface area contributed by atoms with Gasteiger partial charge in [0.25, 0.3) is 0 Å². The Morgan fingerprint density at radius 3 is 2.46 bits per heavy atom. The lowest BCUT2D eigenvalue weighted by atomic mass is 9.49. The SMILES string of the molecule is CC(C)(C)OC(=O)N[C@@H]1CCN(C(=O)OC2C3CC4CC2CC(CO)(C4)C3)C1. The molecule has 0 aromatic carbocycles. The van der Waals surface area contributed by atoms with E-state index in [1.807, 2.05) is 20.8 Å². The standard InChI is InChI=1S/C21H34N2O5/c1-20(2,3)28-18(25)22-16-4-5-23(11-16)19(26)27-17-14-6-13-7-15(17)10-21(8-13,9-14)12-24/h13-17,24H,4-12H2,1-3H3,(H,22,25)/t13?,14?,15?,16-,17?,21?/m1/s1. The summed E-state index contributed by atoms with van der Waals surface area (Å²) in [4.78, 5) is 26.4. The Labute approximate surface area is 167 Å². The number of aliphatic hydroxyl groups excluding tert-OH is 1. The lowest BCUT2D eigenvalue weighted by Gasteiger charge is -2.58. The molecule has 0 radical (unpaired) electrons. The van der Waals surface area contributed by atoms with Gasteiger partial charge in [0, 0.05) is 19.7 Å². The number of hydrogen-bond acceptors (Lipinski definition) is 5. The number of alkyl carbamates (subject to hydrolysis) is 1. The van der Waals surface area contributed by atoms with E-state index in [2.05, 4.69) is 5.32 Å². The summed E-state index contributed by atoms with van der Waals surface area (Å²) in [6.45, 7) is 6.81. The first-order valence-corrected chi connectivity index (χ1v) is 10.7. The van der Waals surface area contributed by atoms with E-state index >= 15 is 0 Å². The normalized spacial score (nSPS) is 39.1. The predicted octanol–water partition coefficient (Wildman–Crippen LogP) is 2.91. The van der Waals surface area contributed by atoms with Gasteiger partial charge in [0.1, 0.15) is 11.7 Å². The Balaban J connectivity index is 1.29. The molecule has 7 heteroatoms. The molecule has 1 saturated heterocycles. The maximum atomic E-state index is 12.8. The first-order valence-electron chi connectivity index (χ1n) is 10.7. The molecule has 158 valence electrons. The summed E-state index contributed by atoms with van der Waals surface area (Å²) in [5.74, 6) is 1.47. The highest BCUT2D eigenvalue weighted by molar-refractivity contribution is 5.70. The lowest BCUT2D eigenvalue weighted by molar-refractivity contribution is -0.151. The topological polar surface area (TPSA) is 88.1 Å². The van der Waals surface area contributed by atoms with Crippen molar-refractivity contribution < 1.29 is 24.2 Å². The zero-order valence-electron chi connectivity index (χ0n) is 17.3. The summed E-state index contributed by atoms with van der Waals surface area (Å²) in [6.07, 6.45) is 5.35. The molecule has 2 unspecified atom stereocenters. The van der Waals surface area contributed by atoms with E-state index < -0.39 is 11.7 Å². The smallest absolute Gasteiger partial charge is 0.410 e. The number of carbonyl (C=O) groups excluding carboxylic acids is 2. The minimum absolute atomic E-state index is 0.0124. The Hall–Kier alpha value is -1.50. The van der Waals surface area contributed by atoms with Crippen LogP contribution in [0.2, 0.25) is 0 Å². The molecule has 4 saturated carbocycles. The van der Waals surface area contributed by atoms with Crippen LogP contribution in [-0.2, 0) is 9.47 Å². The fraction of sp³-hybridized carbons (Fsp3) is 0.905. The monoisotopic (exact) mass is 394 g/mol. The van der Waals surface area contributed by atoms with E-state index in [1.165, 1.54) is 0 Å². The summed E-state index contributed by atoms with van der Waals surface area (Å²) in [5.41, 5.74) is -0.456. The molecule has 5 fully saturated rings. The van der Waals surface area contributed by atoms with Crippen LogP contribution in [0.4, 0.5) is 9.59 Å². The van der Waals surface area contributed by atoms with Gasteiger partial charge in [0.05, 0.1) is 6.04 Å². The van der Waals surface area contributed by atoms with Gasteiger partial charge in [0.2, 0.25) is 0 Å². The van der Waals surface area contributed by atoms with Gasteiger partial charge in [-0.2, -0.15) is 0 Å². The first kappa shape index (κ1) is 19.8. The fourth-order valence-corrected chi connectivity index (χ4v) is 6.24. The molecule has 0 aromatic heterocycles. The number of rotatable bonds is 3. The Morgan fingerprint density at radius 1 is 1.18 bits per heavy atom. The molecule has 4 aliphatic carbocycles. The summed E-state index contributed by atoms with van der Waals surface area (Å²) in [5, 5.41) is 12.7. The largest absolute Gasteiger partial charge is 0.446 e. The van der Waals surface area contributed by atoms with Gasteiger partial charge in [-0.3, -0.25) is 0 Å². The molecule has 2 N–H and O–H groups in total. The molecule has 1 aliphatic heterocycles. The van der Waals surface area contributed by atoms with E-state index in [-0.39, 0.29) is 30.3 Å². The third-order valence-electron chi connectivity index (χ3n) is 7.05. The molecule has 28 heavy (non-hydrogen) atoms. The second kappa shape index (κ2) is 7.08. The van der Waals surface area contributed by atoms with Crippen molar-refractivity contribution in [1.82, 2.24) is 10.2 Å². The highest BCUT2D eigenvalue weighted by Gasteiger charge is 2.56. The summed E-state index contributed by atoms with van der Waals surface area (Å²) >= 11 is 0. The molecule has 5 rings (SSSR count). The van der Waals surface area contributed by atoms with Crippen molar-refractivity contribution in [2.45, 2.75) is 77.0 Å². The van der Waals surface area contributed by atoms with Crippen LogP contribution in [0.25, 0.3) is 0 Å². The third-order valence-corrected chi connectivity index (χ3v) is 7.05. The maximum Gasteiger partial charge on any atom is 0.410 e. The fourth-order valence-electron chi connectivity index (χ4n) is 6.24. The van der Waals surface area contributed by atoms with Crippen molar-refractivity contribution in [3.63, 3.8) is 0 Å². The van der Waals surface area contributed by atoms with Gasteiger partial charge in [-0.25, -0.2) is 9.59 Å². The van der Waals surface area contributed by atoms with Crippen molar-refractivity contribution >= 4 is 12.2 Å². The van der Waals surface area contributed by atoms with Crippen molar-refractivity contribution in [1.29, 1.82) is 0 Å². The molecule has 5 aliphatic rings. The van der Waals surface area contributed by atoms with E-state index in [0.29, 0.717) is 37.3 Å². The lowest BCUT2D eigenvalue weighted by Crippen LogP contribution is -2.56. The Kier molecular flexibility index (Phi) is 5.01. The molecule has 4 bridgehead atoms. The van der Waals surface area contributed by atoms with Gasteiger partial charge in [0.15, 0.2) is 0 Å². The van der Waals surface area contributed by atoms with Crippen molar-refractivity contribution in [2.24, 2.45) is 23.2 Å².